The second-order valence-corrected chi connectivity index (χ2v) is 7.08. The largest absolute Gasteiger partial charge is 0.467 e. The van der Waals surface area contributed by atoms with E-state index in [1.165, 1.54) is 31.5 Å². The van der Waals surface area contributed by atoms with Crippen molar-refractivity contribution in [3.63, 3.8) is 0 Å². The molecule has 2 aromatic rings. The Morgan fingerprint density at radius 1 is 1.36 bits per heavy atom. The van der Waals surface area contributed by atoms with E-state index < -0.39 is 10.0 Å². The van der Waals surface area contributed by atoms with Crippen molar-refractivity contribution in [2.75, 3.05) is 17.6 Å². The van der Waals surface area contributed by atoms with Crippen LogP contribution in [0.3, 0.4) is 0 Å². The maximum Gasteiger partial charge on any atom is 0.251 e. The number of rotatable bonds is 5. The van der Waals surface area contributed by atoms with Gasteiger partial charge in [-0.1, -0.05) is 11.6 Å². The van der Waals surface area contributed by atoms with Crippen LogP contribution < -0.4 is 9.62 Å². The van der Waals surface area contributed by atoms with E-state index in [1.807, 2.05) is 0 Å². The lowest BCUT2D eigenvalue weighted by Crippen LogP contribution is -2.26. The highest BCUT2D eigenvalue weighted by molar-refractivity contribution is 7.92. The third-order valence-electron chi connectivity index (χ3n) is 3.05. The number of hydrogen-bond acceptors (Lipinski definition) is 4. The monoisotopic (exact) mass is 342 g/mol. The topological polar surface area (TPSA) is 79.6 Å². The highest BCUT2D eigenvalue weighted by Crippen LogP contribution is 2.27. The molecule has 1 aromatic carbocycles. The van der Waals surface area contributed by atoms with Crippen molar-refractivity contribution in [2.24, 2.45) is 0 Å². The predicted molar refractivity (Wildman–Crippen MR) is 84.6 cm³/mol. The van der Waals surface area contributed by atoms with Gasteiger partial charge in [-0.15, -0.1) is 0 Å². The summed E-state index contributed by atoms with van der Waals surface area (Å²) in [5.74, 6) is 0.270. The Kier molecular flexibility index (Phi) is 4.77. The lowest BCUT2D eigenvalue weighted by molar-refractivity contribution is 0.0948. The average Bonchev–Trinajstić information content (AvgIpc) is 2.97. The summed E-state index contributed by atoms with van der Waals surface area (Å²) in [6.07, 6.45) is 2.58. The molecule has 0 saturated heterocycles. The molecule has 1 heterocycles. The van der Waals surface area contributed by atoms with Crippen molar-refractivity contribution in [3.05, 3.63) is 52.9 Å². The summed E-state index contributed by atoms with van der Waals surface area (Å²) in [7, 11) is -2.09. The van der Waals surface area contributed by atoms with Gasteiger partial charge >= 0.3 is 0 Å². The first-order valence-corrected chi connectivity index (χ1v) is 8.55. The maximum absolute atomic E-state index is 12.1. The van der Waals surface area contributed by atoms with Crippen LogP contribution in [0.1, 0.15) is 16.1 Å². The van der Waals surface area contributed by atoms with Gasteiger partial charge in [-0.05, 0) is 30.3 Å². The highest BCUT2D eigenvalue weighted by Gasteiger charge is 2.17. The maximum atomic E-state index is 12.1. The summed E-state index contributed by atoms with van der Waals surface area (Å²) in [6, 6.07) is 7.91. The van der Waals surface area contributed by atoms with Crippen LogP contribution in [-0.2, 0) is 16.6 Å². The van der Waals surface area contributed by atoms with Crippen LogP contribution in [-0.4, -0.2) is 27.6 Å². The average molecular weight is 343 g/mol. The number of hydrogen-bond donors (Lipinski definition) is 1. The summed E-state index contributed by atoms with van der Waals surface area (Å²) in [4.78, 5) is 12.1. The first-order chi connectivity index (χ1) is 10.3. The Hall–Kier alpha value is -1.99. The van der Waals surface area contributed by atoms with E-state index in [0.717, 1.165) is 10.6 Å². The third-order valence-corrected chi connectivity index (χ3v) is 4.56. The van der Waals surface area contributed by atoms with Crippen LogP contribution in [0, 0.1) is 0 Å². The number of nitrogens with zero attached hydrogens (tertiary/aromatic N) is 1. The van der Waals surface area contributed by atoms with E-state index in [0.29, 0.717) is 11.3 Å². The fraction of sp³-hybridized carbons (Fsp3) is 0.214. The van der Waals surface area contributed by atoms with Crippen molar-refractivity contribution >= 4 is 33.2 Å². The molecule has 0 aliphatic heterocycles. The number of furan rings is 1. The van der Waals surface area contributed by atoms with Gasteiger partial charge in [-0.2, -0.15) is 0 Å². The van der Waals surface area contributed by atoms with Crippen molar-refractivity contribution in [2.45, 2.75) is 6.54 Å². The molecule has 0 aliphatic carbocycles. The molecule has 1 N–H and O–H groups in total. The Morgan fingerprint density at radius 2 is 2.09 bits per heavy atom. The summed E-state index contributed by atoms with van der Waals surface area (Å²) in [6.45, 7) is 0.242. The Labute approximate surface area is 133 Å². The van der Waals surface area contributed by atoms with Crippen molar-refractivity contribution in [1.29, 1.82) is 0 Å². The van der Waals surface area contributed by atoms with Crippen LogP contribution in [0.4, 0.5) is 5.69 Å². The molecule has 0 saturated carbocycles. The SMILES string of the molecule is CN(c1cc(C(=O)NCc2ccco2)ccc1Cl)S(C)(=O)=O. The molecule has 0 atom stereocenters. The molecular weight excluding hydrogens is 328 g/mol. The van der Waals surface area contributed by atoms with Gasteiger partial charge in [-0.3, -0.25) is 9.10 Å². The second kappa shape index (κ2) is 6.41. The lowest BCUT2D eigenvalue weighted by Gasteiger charge is -2.18. The zero-order valence-corrected chi connectivity index (χ0v) is 13.6. The molecule has 1 aromatic heterocycles. The zero-order valence-electron chi connectivity index (χ0n) is 12.0. The van der Waals surface area contributed by atoms with Crippen molar-refractivity contribution in [1.82, 2.24) is 5.32 Å². The van der Waals surface area contributed by atoms with E-state index in [4.69, 9.17) is 16.0 Å². The summed E-state index contributed by atoms with van der Waals surface area (Å²) in [5.41, 5.74) is 0.552. The van der Waals surface area contributed by atoms with Crippen LogP contribution >= 0.6 is 11.6 Å². The van der Waals surface area contributed by atoms with Crippen molar-refractivity contribution < 1.29 is 17.6 Å². The van der Waals surface area contributed by atoms with Crippen LogP contribution in [0.25, 0.3) is 0 Å². The Morgan fingerprint density at radius 3 is 2.68 bits per heavy atom. The van der Waals surface area contributed by atoms with E-state index in [2.05, 4.69) is 5.32 Å². The number of carbonyl (C=O) groups is 1. The van der Waals surface area contributed by atoms with Gasteiger partial charge in [-0.25, -0.2) is 8.42 Å². The molecule has 2 rings (SSSR count). The summed E-state index contributed by atoms with van der Waals surface area (Å²) >= 11 is 6.01. The molecule has 6 nitrogen and oxygen atoms in total. The Balaban J connectivity index is 2.20. The van der Waals surface area contributed by atoms with E-state index in [-0.39, 0.29) is 23.2 Å². The number of carbonyl (C=O) groups excluding carboxylic acids is 1. The molecule has 8 heteroatoms. The molecule has 118 valence electrons. The predicted octanol–water partition coefficient (Wildman–Crippen LogP) is 2.26. The minimum atomic E-state index is -3.47. The fourth-order valence-electron chi connectivity index (χ4n) is 1.76. The molecular formula is C14H15ClN2O4S. The molecule has 1 amide bonds. The minimum absolute atomic E-state index is 0.242. The van der Waals surface area contributed by atoms with Gasteiger partial charge in [0.05, 0.1) is 29.8 Å². The van der Waals surface area contributed by atoms with Crippen LogP contribution in [0.5, 0.6) is 0 Å². The Bertz CT molecular complexity index is 772. The summed E-state index contributed by atoms with van der Waals surface area (Å²) < 4.78 is 29.3. The quantitative estimate of drug-likeness (QED) is 0.903. The number of anilines is 1. The van der Waals surface area contributed by atoms with Crippen LogP contribution in [0.15, 0.2) is 41.0 Å². The molecule has 22 heavy (non-hydrogen) atoms. The third kappa shape index (κ3) is 3.80. The standard InChI is InChI=1S/C14H15ClN2O4S/c1-17(22(2,19)20)13-8-10(5-6-12(13)15)14(18)16-9-11-4-3-7-21-11/h3-8H,9H2,1-2H3,(H,16,18). The summed E-state index contributed by atoms with van der Waals surface area (Å²) in [5, 5.41) is 2.93. The van der Waals surface area contributed by atoms with Gasteiger partial charge in [0.25, 0.3) is 5.91 Å². The molecule has 0 bridgehead atoms. The highest BCUT2D eigenvalue weighted by atomic mass is 35.5. The molecule has 0 spiro atoms. The van der Waals surface area contributed by atoms with E-state index >= 15 is 0 Å². The van der Waals surface area contributed by atoms with E-state index in [1.54, 1.807) is 12.1 Å². The first-order valence-electron chi connectivity index (χ1n) is 6.33. The second-order valence-electron chi connectivity index (χ2n) is 4.66. The van der Waals surface area contributed by atoms with Gasteiger partial charge in [0.2, 0.25) is 10.0 Å². The molecule has 0 fully saturated rings. The lowest BCUT2D eigenvalue weighted by atomic mass is 10.2. The molecule has 0 radical (unpaired) electrons. The minimum Gasteiger partial charge on any atom is -0.467 e. The van der Waals surface area contributed by atoms with Gasteiger partial charge < -0.3 is 9.73 Å². The number of nitrogens with one attached hydrogen (secondary N) is 1. The smallest absolute Gasteiger partial charge is 0.251 e. The molecule has 0 aliphatic rings. The van der Waals surface area contributed by atoms with Crippen LogP contribution in [0.2, 0.25) is 5.02 Å². The number of sulfonamides is 1. The zero-order chi connectivity index (χ0) is 16.3. The molecule has 0 unspecified atom stereocenters. The van der Waals surface area contributed by atoms with E-state index in [9.17, 15) is 13.2 Å². The van der Waals surface area contributed by atoms with Gasteiger partial charge in [0.1, 0.15) is 5.76 Å². The normalized spacial score (nSPS) is 11.2. The van der Waals surface area contributed by atoms with Gasteiger partial charge in [0, 0.05) is 12.6 Å². The first kappa shape index (κ1) is 16.4. The van der Waals surface area contributed by atoms with Gasteiger partial charge in [0.15, 0.2) is 0 Å². The number of amides is 1. The fourth-order valence-corrected chi connectivity index (χ4v) is 2.56. The number of halogens is 1. The van der Waals surface area contributed by atoms with Crippen molar-refractivity contribution in [3.8, 4) is 0 Å². The number of benzene rings is 1.